The van der Waals surface area contributed by atoms with E-state index in [9.17, 15) is 0 Å². The summed E-state index contributed by atoms with van der Waals surface area (Å²) in [6, 6.07) is 8.71. The van der Waals surface area contributed by atoms with Gasteiger partial charge in [-0.25, -0.2) is 0 Å². The molecule has 2 nitrogen and oxygen atoms in total. The number of hydrogen-bond donors (Lipinski definition) is 2. The van der Waals surface area contributed by atoms with Crippen LogP contribution in [-0.2, 0) is 72.0 Å². The Morgan fingerprint density at radius 1 is 1.40 bits per heavy atom. The van der Waals surface area contributed by atoms with Crippen molar-refractivity contribution in [3.05, 3.63) is 33.4 Å². The van der Waals surface area contributed by atoms with Crippen LogP contribution < -0.4 is 10.7 Å². The quantitative estimate of drug-likeness (QED) is 0.282. The third-order valence-corrected chi connectivity index (χ3v) is 3.78. The van der Waals surface area contributed by atoms with Crippen LogP contribution in [0.5, 0.6) is 0 Å². The maximum Gasteiger partial charge on any atom is 0 e. The van der Waals surface area contributed by atoms with E-state index < -0.39 is 0 Å². The van der Waals surface area contributed by atoms with Gasteiger partial charge in [-0.2, -0.15) is 0 Å². The van der Waals surface area contributed by atoms with Gasteiger partial charge in [-0.1, -0.05) is 0 Å². The van der Waals surface area contributed by atoms with Crippen molar-refractivity contribution in [3.8, 4) is 0 Å². The monoisotopic (exact) mass is 469 g/mol. The van der Waals surface area contributed by atoms with Crippen LogP contribution >= 0.6 is 21.2 Å². The first-order valence-electron chi connectivity index (χ1n) is 4.18. The molecule has 0 bridgehead atoms. The summed E-state index contributed by atoms with van der Waals surface area (Å²) in [5.74, 6) is 0.776. The molecule has 0 aliphatic carbocycles. The predicted octanol–water partition coefficient (Wildman–Crippen LogP) is 0.142. The van der Waals surface area contributed by atoms with Crippen molar-refractivity contribution in [3.63, 3.8) is 0 Å². The second-order valence-corrected chi connectivity index (χ2v) is 5.40. The van der Waals surface area contributed by atoms with Gasteiger partial charge in [0.15, 0.2) is 0 Å². The number of nitrogens with two attached hydrogens (primary N) is 1. The van der Waals surface area contributed by atoms with Crippen molar-refractivity contribution >= 4 is 27.0 Å². The number of nitrogens with one attached hydrogen (secondary N) is 1. The summed E-state index contributed by atoms with van der Waals surface area (Å²) >= 11 is 0.0390. The molecule has 0 aliphatic rings. The van der Waals surface area contributed by atoms with Gasteiger partial charge in [-0.15, -0.1) is 0 Å². The minimum absolute atomic E-state index is 0. The molecule has 0 spiro atoms. The molecular formula is C10H16IN2Y2+. The SMILES string of the molecule is C[IH]c1cccc(C[NH+]=C(C)N)c1.[Y].[Y]. The van der Waals surface area contributed by atoms with Gasteiger partial charge in [-0.05, 0) is 0 Å². The van der Waals surface area contributed by atoms with E-state index in [2.05, 4.69) is 34.2 Å². The van der Waals surface area contributed by atoms with Gasteiger partial charge in [0.2, 0.25) is 0 Å². The van der Waals surface area contributed by atoms with Crippen molar-refractivity contribution in [1.29, 1.82) is 0 Å². The Balaban J connectivity index is 0. The average molecular weight is 469 g/mol. The zero-order valence-electron chi connectivity index (χ0n) is 9.16. The fourth-order valence-electron chi connectivity index (χ4n) is 1.02. The van der Waals surface area contributed by atoms with Gasteiger partial charge in [-0.3, -0.25) is 0 Å². The summed E-state index contributed by atoms with van der Waals surface area (Å²) < 4.78 is 1.50. The van der Waals surface area contributed by atoms with E-state index in [0.29, 0.717) is 0 Å². The summed E-state index contributed by atoms with van der Waals surface area (Å²) in [6.07, 6.45) is 0. The van der Waals surface area contributed by atoms with E-state index in [4.69, 9.17) is 5.73 Å². The Labute approximate surface area is 152 Å². The number of halogens is 1. The van der Waals surface area contributed by atoms with Crippen LogP contribution in [0.2, 0.25) is 0 Å². The number of alkyl halides is 1. The Bertz CT molecular complexity index is 312. The van der Waals surface area contributed by atoms with Crippen LogP contribution in [0.3, 0.4) is 0 Å². The molecule has 3 N–H and O–H groups in total. The molecule has 1 aromatic carbocycles. The third kappa shape index (κ3) is 8.36. The molecular weight excluding hydrogens is 453 g/mol. The second-order valence-electron chi connectivity index (χ2n) is 2.89. The minimum atomic E-state index is 0. The Morgan fingerprint density at radius 2 is 2.07 bits per heavy atom. The normalized spacial score (nSPS) is 10.4. The van der Waals surface area contributed by atoms with Crippen LogP contribution in [-0.4, -0.2) is 10.8 Å². The summed E-state index contributed by atoms with van der Waals surface area (Å²) in [7, 11) is 0. The molecule has 1 aromatic rings. The second kappa shape index (κ2) is 10.8. The van der Waals surface area contributed by atoms with E-state index in [1.807, 2.05) is 6.92 Å². The van der Waals surface area contributed by atoms with Gasteiger partial charge in [0, 0.05) is 65.4 Å². The molecule has 15 heavy (non-hydrogen) atoms. The van der Waals surface area contributed by atoms with E-state index >= 15 is 0 Å². The van der Waals surface area contributed by atoms with Crippen molar-refractivity contribution in [2.75, 3.05) is 4.93 Å². The largest absolute Gasteiger partial charge is 0 e. The standard InChI is InChI=1S/C10H15IN2.2Y/c1-8(12)13-7-9-4-3-5-10(6-9)11-2;;/h3-6,11H,7H2,1-2H3,(H2,12,13);;/p+1. The summed E-state index contributed by atoms with van der Waals surface area (Å²) in [5, 5.41) is 0. The van der Waals surface area contributed by atoms with Gasteiger partial charge in [0.25, 0.3) is 0 Å². The predicted molar refractivity (Wildman–Crippen MR) is 66.0 cm³/mol. The first-order chi connectivity index (χ1) is 6.22. The Morgan fingerprint density at radius 3 is 2.60 bits per heavy atom. The van der Waals surface area contributed by atoms with Crippen LogP contribution in [0.1, 0.15) is 12.5 Å². The van der Waals surface area contributed by atoms with Crippen molar-refractivity contribution in [2.24, 2.45) is 5.73 Å². The minimum Gasteiger partial charge on any atom is 0 e. The number of benzene rings is 1. The summed E-state index contributed by atoms with van der Waals surface area (Å²) in [6.45, 7) is 2.71. The Hall–Kier alpha value is 1.63. The van der Waals surface area contributed by atoms with E-state index in [1.54, 1.807) is 0 Å². The third-order valence-electron chi connectivity index (χ3n) is 1.71. The van der Waals surface area contributed by atoms with Gasteiger partial charge >= 0.3 is 89.6 Å². The molecule has 0 fully saturated rings. The molecule has 0 amide bonds. The Kier molecular flexibility index (Phi) is 13.6. The van der Waals surface area contributed by atoms with Crippen molar-refractivity contribution < 1.29 is 70.4 Å². The number of rotatable bonds is 3. The van der Waals surface area contributed by atoms with Crippen LogP contribution in [0.4, 0.5) is 0 Å². The van der Waals surface area contributed by atoms with Crippen molar-refractivity contribution in [2.45, 2.75) is 13.5 Å². The van der Waals surface area contributed by atoms with E-state index in [-0.39, 0.29) is 86.6 Å². The fourth-order valence-corrected chi connectivity index (χ4v) is 2.40. The maximum atomic E-state index is 5.52. The molecule has 2 radical (unpaired) electrons. The molecule has 0 aromatic heterocycles. The van der Waals surface area contributed by atoms with Gasteiger partial charge in [0.05, 0.1) is 0 Å². The number of hydrogen-bond acceptors (Lipinski definition) is 0. The van der Waals surface area contributed by atoms with Crippen LogP contribution in [0.25, 0.3) is 0 Å². The summed E-state index contributed by atoms with van der Waals surface area (Å²) in [5.41, 5.74) is 6.84. The molecule has 0 unspecified atom stereocenters. The first-order valence-corrected chi connectivity index (χ1v) is 7.68. The zero-order chi connectivity index (χ0) is 9.68. The molecule has 0 atom stereocenters. The number of amidine groups is 1. The molecule has 0 aliphatic heterocycles. The molecule has 1 rings (SSSR count). The maximum absolute atomic E-state index is 5.52. The molecule has 78 valence electrons. The average Bonchev–Trinajstić information content (AvgIpc) is 2.15. The molecule has 0 saturated heterocycles. The zero-order valence-corrected chi connectivity index (χ0v) is 17.2. The first kappa shape index (κ1) is 19.0. The van der Waals surface area contributed by atoms with Gasteiger partial charge in [0.1, 0.15) is 0 Å². The smallest absolute Gasteiger partial charge is 0 e. The summed E-state index contributed by atoms with van der Waals surface area (Å²) in [4.78, 5) is 5.41. The molecule has 0 saturated carbocycles. The van der Waals surface area contributed by atoms with E-state index in [1.165, 1.54) is 9.13 Å². The van der Waals surface area contributed by atoms with Gasteiger partial charge < -0.3 is 0 Å². The van der Waals surface area contributed by atoms with Crippen LogP contribution in [0, 0.1) is 3.57 Å². The topological polar surface area (TPSA) is 40.0 Å². The fraction of sp³-hybridized carbons (Fsp3) is 0.300. The molecule has 0 heterocycles. The van der Waals surface area contributed by atoms with E-state index in [0.717, 1.165) is 12.4 Å². The van der Waals surface area contributed by atoms with Crippen molar-refractivity contribution in [1.82, 2.24) is 0 Å². The molecule has 5 heteroatoms. The van der Waals surface area contributed by atoms with Crippen LogP contribution in [0.15, 0.2) is 24.3 Å².